The van der Waals surface area contributed by atoms with Crippen molar-refractivity contribution >= 4 is 35.1 Å². The number of carbonyl (C=O) groups is 2. The molecule has 0 unspecified atom stereocenters. The van der Waals surface area contributed by atoms with Crippen LogP contribution in [0.1, 0.15) is 20.8 Å². The first-order chi connectivity index (χ1) is 12.6. The van der Waals surface area contributed by atoms with Crippen molar-refractivity contribution in [3.05, 3.63) is 53.6 Å². The smallest absolute Gasteiger partial charge is 0.412 e. The Morgan fingerprint density at radius 1 is 1.22 bits per heavy atom. The van der Waals surface area contributed by atoms with Crippen LogP contribution in [0.5, 0.6) is 0 Å². The molecule has 9 heteroatoms. The predicted octanol–water partition coefficient (Wildman–Crippen LogP) is 3.54. The molecule has 0 atom stereocenters. The Labute approximate surface area is 160 Å². The standard InChI is InChI=1S/C18H20FN3O4S/c1-18(2,3)26-17(24)21-14-10-12(7-8-13(14)19)20-15(23)11-27-16-6-4-5-9-22(16)25/h4-10H,11H2,1-3H3,(H,20,23)(H,21,24). The second-order valence-corrected chi connectivity index (χ2v) is 7.52. The number of nitrogens with zero attached hydrogens (tertiary/aromatic N) is 1. The van der Waals surface area contributed by atoms with Gasteiger partial charge in [-0.05, 0) is 56.8 Å². The van der Waals surface area contributed by atoms with Crippen molar-refractivity contribution in [2.24, 2.45) is 0 Å². The van der Waals surface area contributed by atoms with Crippen LogP contribution < -0.4 is 15.4 Å². The largest absolute Gasteiger partial charge is 0.618 e. The quantitative estimate of drug-likeness (QED) is 0.460. The van der Waals surface area contributed by atoms with Crippen LogP contribution in [0.4, 0.5) is 20.6 Å². The van der Waals surface area contributed by atoms with Crippen molar-refractivity contribution in [3.63, 3.8) is 0 Å². The van der Waals surface area contributed by atoms with Crippen LogP contribution in [0.3, 0.4) is 0 Å². The second-order valence-electron chi connectivity index (χ2n) is 6.52. The Morgan fingerprint density at radius 2 is 1.96 bits per heavy atom. The van der Waals surface area contributed by atoms with Crippen LogP contribution in [-0.2, 0) is 9.53 Å². The van der Waals surface area contributed by atoms with Crippen molar-refractivity contribution < 1.29 is 23.4 Å². The van der Waals surface area contributed by atoms with Crippen LogP contribution in [0.2, 0.25) is 0 Å². The molecule has 0 fully saturated rings. The van der Waals surface area contributed by atoms with Gasteiger partial charge in [-0.3, -0.25) is 10.1 Å². The number of anilines is 2. The minimum absolute atomic E-state index is 0.00153. The van der Waals surface area contributed by atoms with Crippen LogP contribution in [0.25, 0.3) is 0 Å². The first kappa shape index (κ1) is 20.5. The molecule has 1 aromatic carbocycles. The van der Waals surface area contributed by atoms with Gasteiger partial charge in [0.2, 0.25) is 5.91 Å². The normalized spacial score (nSPS) is 11.0. The molecule has 0 saturated heterocycles. The zero-order chi connectivity index (χ0) is 20.0. The lowest BCUT2D eigenvalue weighted by molar-refractivity contribution is -0.645. The molecule has 1 heterocycles. The van der Waals surface area contributed by atoms with Gasteiger partial charge < -0.3 is 15.3 Å². The maximum absolute atomic E-state index is 13.9. The highest BCUT2D eigenvalue weighted by Crippen LogP contribution is 2.21. The Kier molecular flexibility index (Phi) is 6.62. The van der Waals surface area contributed by atoms with Crippen molar-refractivity contribution in [2.45, 2.75) is 31.4 Å². The van der Waals surface area contributed by atoms with Gasteiger partial charge in [0, 0.05) is 17.8 Å². The lowest BCUT2D eigenvalue weighted by atomic mass is 10.2. The number of thioether (sulfide) groups is 1. The van der Waals surface area contributed by atoms with E-state index in [-0.39, 0.29) is 17.3 Å². The average molecular weight is 393 g/mol. The molecule has 0 saturated carbocycles. The fraction of sp³-hybridized carbons (Fsp3) is 0.278. The zero-order valence-electron chi connectivity index (χ0n) is 15.1. The minimum Gasteiger partial charge on any atom is -0.618 e. The number of benzene rings is 1. The molecule has 0 aliphatic heterocycles. The summed E-state index contributed by atoms with van der Waals surface area (Å²) in [5, 5.41) is 16.8. The third-order valence-electron chi connectivity index (χ3n) is 3.03. The van der Waals surface area contributed by atoms with E-state index in [0.29, 0.717) is 15.4 Å². The van der Waals surface area contributed by atoms with E-state index < -0.39 is 17.5 Å². The number of amides is 2. The number of carbonyl (C=O) groups excluding carboxylic acids is 2. The zero-order valence-corrected chi connectivity index (χ0v) is 15.9. The highest BCUT2D eigenvalue weighted by molar-refractivity contribution is 7.99. The molecule has 0 aliphatic rings. The van der Waals surface area contributed by atoms with Crippen LogP contribution in [-0.4, -0.2) is 23.4 Å². The first-order valence-electron chi connectivity index (χ1n) is 8.04. The number of ether oxygens (including phenoxy) is 1. The average Bonchev–Trinajstić information content (AvgIpc) is 2.55. The monoisotopic (exact) mass is 393 g/mol. The van der Waals surface area contributed by atoms with E-state index >= 15 is 0 Å². The van der Waals surface area contributed by atoms with Gasteiger partial charge in [0.1, 0.15) is 11.4 Å². The number of rotatable bonds is 5. The summed E-state index contributed by atoms with van der Waals surface area (Å²) < 4.78 is 19.6. The van der Waals surface area contributed by atoms with Crippen LogP contribution in [0, 0.1) is 11.0 Å². The van der Waals surface area contributed by atoms with Gasteiger partial charge in [-0.25, -0.2) is 9.18 Å². The molecule has 144 valence electrons. The summed E-state index contributed by atoms with van der Waals surface area (Å²) in [5.41, 5.74) is -0.536. The van der Waals surface area contributed by atoms with E-state index in [1.165, 1.54) is 18.3 Å². The van der Waals surface area contributed by atoms with Gasteiger partial charge >= 0.3 is 6.09 Å². The molecule has 2 rings (SSSR count). The third kappa shape index (κ3) is 6.78. The molecule has 2 aromatic rings. The summed E-state index contributed by atoms with van der Waals surface area (Å²) in [4.78, 5) is 23.8. The Hall–Kier alpha value is -2.81. The Morgan fingerprint density at radius 3 is 2.63 bits per heavy atom. The summed E-state index contributed by atoms with van der Waals surface area (Å²) in [6, 6.07) is 8.68. The van der Waals surface area contributed by atoms with E-state index in [9.17, 15) is 19.2 Å². The number of aromatic nitrogens is 1. The van der Waals surface area contributed by atoms with Gasteiger partial charge in [-0.1, -0.05) is 0 Å². The molecule has 0 spiro atoms. The number of hydrogen-bond acceptors (Lipinski definition) is 5. The molecule has 2 amide bonds. The van der Waals surface area contributed by atoms with E-state index in [0.717, 1.165) is 17.8 Å². The molecule has 7 nitrogen and oxygen atoms in total. The molecule has 27 heavy (non-hydrogen) atoms. The van der Waals surface area contributed by atoms with E-state index in [1.807, 2.05) is 0 Å². The lowest BCUT2D eigenvalue weighted by Crippen LogP contribution is -2.28. The molecular weight excluding hydrogens is 373 g/mol. The van der Waals surface area contributed by atoms with Gasteiger partial charge in [0.25, 0.3) is 5.03 Å². The highest BCUT2D eigenvalue weighted by atomic mass is 32.2. The summed E-state index contributed by atoms with van der Waals surface area (Å²) in [6.07, 6.45) is 0.541. The van der Waals surface area contributed by atoms with Gasteiger partial charge in [0.05, 0.1) is 11.4 Å². The topological polar surface area (TPSA) is 94.4 Å². The molecule has 0 aliphatic carbocycles. The molecule has 0 bridgehead atoms. The summed E-state index contributed by atoms with van der Waals surface area (Å²) in [6.45, 7) is 5.07. The fourth-order valence-corrected chi connectivity index (χ4v) is 2.69. The summed E-state index contributed by atoms with van der Waals surface area (Å²) >= 11 is 1.07. The lowest BCUT2D eigenvalue weighted by Gasteiger charge is -2.20. The van der Waals surface area contributed by atoms with E-state index in [4.69, 9.17) is 4.74 Å². The minimum atomic E-state index is -0.801. The third-order valence-corrected chi connectivity index (χ3v) is 4.04. The Balaban J connectivity index is 1.97. The van der Waals surface area contributed by atoms with Crippen molar-refractivity contribution in [2.75, 3.05) is 16.4 Å². The van der Waals surface area contributed by atoms with Gasteiger partial charge in [0.15, 0.2) is 6.20 Å². The van der Waals surface area contributed by atoms with Gasteiger partial charge in [-0.15, -0.1) is 0 Å². The van der Waals surface area contributed by atoms with E-state index in [1.54, 1.807) is 39.0 Å². The van der Waals surface area contributed by atoms with Crippen molar-refractivity contribution in [1.82, 2.24) is 0 Å². The van der Waals surface area contributed by atoms with Crippen LogP contribution >= 0.6 is 11.8 Å². The molecule has 2 N–H and O–H groups in total. The predicted molar refractivity (Wildman–Crippen MR) is 101 cm³/mol. The molecular formula is C18H20FN3O4S. The number of halogens is 1. The molecule has 0 radical (unpaired) electrons. The number of hydrogen-bond donors (Lipinski definition) is 2. The van der Waals surface area contributed by atoms with Gasteiger partial charge in [-0.2, -0.15) is 4.73 Å². The van der Waals surface area contributed by atoms with Crippen molar-refractivity contribution in [3.8, 4) is 0 Å². The maximum atomic E-state index is 13.9. The Bertz CT molecular complexity index is 840. The summed E-state index contributed by atoms with van der Waals surface area (Å²) in [7, 11) is 0. The van der Waals surface area contributed by atoms with Crippen molar-refractivity contribution in [1.29, 1.82) is 0 Å². The highest BCUT2D eigenvalue weighted by Gasteiger charge is 2.18. The summed E-state index contributed by atoms with van der Waals surface area (Å²) in [5.74, 6) is -1.04. The number of pyridine rings is 1. The maximum Gasteiger partial charge on any atom is 0.412 e. The molecule has 1 aromatic heterocycles. The SMILES string of the molecule is CC(C)(C)OC(=O)Nc1cc(NC(=O)CSc2cccc[n+]2[O-])ccc1F. The fourth-order valence-electron chi connectivity index (χ4n) is 1.97. The second kappa shape index (κ2) is 8.72. The van der Waals surface area contributed by atoms with Crippen LogP contribution in [0.15, 0.2) is 47.6 Å². The van der Waals surface area contributed by atoms with E-state index in [2.05, 4.69) is 10.6 Å². The number of nitrogens with one attached hydrogen (secondary N) is 2. The first-order valence-corrected chi connectivity index (χ1v) is 9.03.